The third-order valence-electron chi connectivity index (χ3n) is 3.55. The Morgan fingerprint density at radius 3 is 2.77 bits per heavy atom. The first-order chi connectivity index (χ1) is 12.7. The zero-order valence-corrected chi connectivity index (χ0v) is 16.4. The third-order valence-corrected chi connectivity index (χ3v) is 4.98. The van der Waals surface area contributed by atoms with Crippen molar-refractivity contribution in [3.05, 3.63) is 65.7 Å². The number of ether oxygens (including phenoxy) is 1. The van der Waals surface area contributed by atoms with Gasteiger partial charge in [-0.05, 0) is 30.3 Å². The lowest BCUT2D eigenvalue weighted by molar-refractivity contribution is 0.344. The Hall–Kier alpha value is -2.25. The van der Waals surface area contributed by atoms with E-state index in [4.69, 9.17) is 4.74 Å². The molecule has 5 nitrogen and oxygen atoms in total. The van der Waals surface area contributed by atoms with Crippen LogP contribution in [-0.2, 0) is 6.54 Å². The van der Waals surface area contributed by atoms with Gasteiger partial charge in [0.05, 0.1) is 12.2 Å². The molecule has 7 heteroatoms. The van der Waals surface area contributed by atoms with Crippen molar-refractivity contribution in [3.63, 3.8) is 0 Å². The predicted octanol–water partition coefficient (Wildman–Crippen LogP) is 4.77. The number of hydrogen-bond donors (Lipinski definition) is 1. The lowest BCUT2D eigenvalue weighted by atomic mass is 10.2. The molecule has 1 N–H and O–H groups in total. The van der Waals surface area contributed by atoms with E-state index in [9.17, 15) is 5.11 Å². The van der Waals surface area contributed by atoms with Gasteiger partial charge in [-0.3, -0.25) is 4.57 Å². The molecule has 26 heavy (non-hydrogen) atoms. The fraction of sp³-hybridized carbons (Fsp3) is 0.158. The Morgan fingerprint density at radius 2 is 2.00 bits per heavy atom. The number of thioether (sulfide) groups is 1. The Bertz CT molecular complexity index is 884. The van der Waals surface area contributed by atoms with Crippen molar-refractivity contribution in [2.24, 2.45) is 0 Å². The maximum absolute atomic E-state index is 10.2. The number of halogens is 1. The van der Waals surface area contributed by atoms with Crippen LogP contribution in [0.5, 0.6) is 11.5 Å². The van der Waals surface area contributed by atoms with Crippen molar-refractivity contribution in [3.8, 4) is 22.9 Å². The second kappa shape index (κ2) is 8.91. The molecule has 0 saturated heterocycles. The molecular weight excluding hydrogens is 414 g/mol. The van der Waals surface area contributed by atoms with Gasteiger partial charge in [0.1, 0.15) is 11.5 Å². The van der Waals surface area contributed by atoms with E-state index in [1.165, 1.54) is 0 Å². The lowest BCUT2D eigenvalue weighted by Gasteiger charge is -2.09. The minimum absolute atomic E-state index is 0.162. The number of nitrogens with zero attached hydrogens (tertiary/aromatic N) is 3. The highest BCUT2D eigenvalue weighted by Crippen LogP contribution is 2.32. The summed E-state index contributed by atoms with van der Waals surface area (Å²) in [5, 5.41) is 19.5. The molecule has 0 aliphatic carbocycles. The number of benzene rings is 2. The summed E-state index contributed by atoms with van der Waals surface area (Å²) >= 11 is 4.98. The standard InChI is InChI=1S/C19H18BrN3O2S/c1-2-10-23-18(16-13-14(20)8-9-17(16)24)21-22-19(23)26-12-11-25-15-6-4-3-5-7-15/h2-9,13,24H,1,10-12H2. The Morgan fingerprint density at radius 1 is 1.19 bits per heavy atom. The summed E-state index contributed by atoms with van der Waals surface area (Å²) in [6.45, 7) is 4.92. The number of para-hydroxylation sites is 1. The molecule has 0 amide bonds. The lowest BCUT2D eigenvalue weighted by Crippen LogP contribution is -2.04. The van der Waals surface area contributed by atoms with E-state index < -0.39 is 0 Å². The molecule has 134 valence electrons. The van der Waals surface area contributed by atoms with Crippen LogP contribution in [0.1, 0.15) is 0 Å². The van der Waals surface area contributed by atoms with Gasteiger partial charge in [-0.25, -0.2) is 0 Å². The van der Waals surface area contributed by atoms with Gasteiger partial charge in [-0.2, -0.15) is 0 Å². The van der Waals surface area contributed by atoms with E-state index in [1.54, 1.807) is 30.0 Å². The van der Waals surface area contributed by atoms with Crippen molar-refractivity contribution in [1.29, 1.82) is 0 Å². The fourth-order valence-corrected chi connectivity index (χ4v) is 3.51. The Labute approximate surface area is 164 Å². The SMILES string of the molecule is C=CCn1c(SCCOc2ccccc2)nnc1-c1cc(Br)ccc1O. The summed E-state index contributed by atoms with van der Waals surface area (Å²) in [5.41, 5.74) is 0.626. The van der Waals surface area contributed by atoms with Gasteiger partial charge in [0, 0.05) is 16.8 Å². The Balaban J connectivity index is 1.72. The van der Waals surface area contributed by atoms with Gasteiger partial charge in [0.25, 0.3) is 0 Å². The van der Waals surface area contributed by atoms with Crippen molar-refractivity contribution in [2.45, 2.75) is 11.7 Å². The third kappa shape index (κ3) is 4.47. The minimum atomic E-state index is 0.162. The van der Waals surface area contributed by atoms with E-state index in [-0.39, 0.29) is 5.75 Å². The largest absolute Gasteiger partial charge is 0.507 e. The first kappa shape index (κ1) is 18.5. The number of phenols is 1. The zero-order chi connectivity index (χ0) is 18.4. The second-order valence-corrected chi connectivity index (χ2v) is 7.35. The predicted molar refractivity (Wildman–Crippen MR) is 108 cm³/mol. The molecule has 0 bridgehead atoms. The fourth-order valence-electron chi connectivity index (χ4n) is 2.38. The van der Waals surface area contributed by atoms with Gasteiger partial charge < -0.3 is 9.84 Å². The molecular formula is C19H18BrN3O2S. The van der Waals surface area contributed by atoms with E-state index in [1.807, 2.05) is 41.0 Å². The van der Waals surface area contributed by atoms with Crippen molar-refractivity contribution < 1.29 is 9.84 Å². The quantitative estimate of drug-likeness (QED) is 0.316. The molecule has 0 unspecified atom stereocenters. The molecule has 0 fully saturated rings. The van der Waals surface area contributed by atoms with Gasteiger partial charge in [0.2, 0.25) is 0 Å². The molecule has 0 saturated carbocycles. The highest BCUT2D eigenvalue weighted by Gasteiger charge is 2.16. The summed E-state index contributed by atoms with van der Waals surface area (Å²) < 4.78 is 8.51. The average molecular weight is 432 g/mol. The molecule has 2 aromatic carbocycles. The van der Waals surface area contributed by atoms with Crippen LogP contribution >= 0.6 is 27.7 Å². The summed E-state index contributed by atoms with van der Waals surface area (Å²) in [4.78, 5) is 0. The summed E-state index contributed by atoms with van der Waals surface area (Å²) in [6.07, 6.45) is 1.78. The van der Waals surface area contributed by atoms with Gasteiger partial charge in [-0.1, -0.05) is 52.0 Å². The summed E-state index contributed by atoms with van der Waals surface area (Å²) in [6, 6.07) is 14.9. The highest BCUT2D eigenvalue weighted by molar-refractivity contribution is 9.10. The van der Waals surface area contributed by atoms with Crippen LogP contribution in [0.25, 0.3) is 11.4 Å². The molecule has 0 aliphatic rings. The first-order valence-corrected chi connectivity index (χ1v) is 9.80. The number of allylic oxidation sites excluding steroid dienone is 1. The van der Waals surface area contributed by atoms with Gasteiger partial charge in [-0.15, -0.1) is 16.8 Å². The van der Waals surface area contributed by atoms with Crippen LogP contribution < -0.4 is 4.74 Å². The molecule has 3 rings (SSSR count). The maximum Gasteiger partial charge on any atom is 0.191 e. The number of rotatable bonds is 8. The van der Waals surface area contributed by atoms with Gasteiger partial charge in [0.15, 0.2) is 11.0 Å². The number of phenolic OH excluding ortho intramolecular Hbond substituents is 1. The molecule has 0 spiro atoms. The van der Waals surface area contributed by atoms with Crippen LogP contribution in [0.2, 0.25) is 0 Å². The van der Waals surface area contributed by atoms with Gasteiger partial charge >= 0.3 is 0 Å². The monoisotopic (exact) mass is 431 g/mol. The van der Waals surface area contributed by atoms with Crippen LogP contribution in [0.3, 0.4) is 0 Å². The normalized spacial score (nSPS) is 10.7. The van der Waals surface area contributed by atoms with E-state index in [0.717, 1.165) is 21.1 Å². The summed E-state index contributed by atoms with van der Waals surface area (Å²) in [7, 11) is 0. The molecule has 1 heterocycles. The van der Waals surface area contributed by atoms with Crippen LogP contribution in [0.15, 0.2) is 70.8 Å². The number of aromatic hydroxyl groups is 1. The maximum atomic E-state index is 10.2. The van der Waals surface area contributed by atoms with Crippen molar-refractivity contribution in [1.82, 2.24) is 14.8 Å². The molecule has 3 aromatic rings. The molecule has 0 aliphatic heterocycles. The second-order valence-electron chi connectivity index (χ2n) is 5.38. The van der Waals surface area contributed by atoms with Crippen LogP contribution in [0, 0.1) is 0 Å². The molecule has 1 aromatic heterocycles. The minimum Gasteiger partial charge on any atom is -0.507 e. The smallest absolute Gasteiger partial charge is 0.191 e. The number of hydrogen-bond acceptors (Lipinski definition) is 5. The number of aromatic nitrogens is 3. The van der Waals surface area contributed by atoms with Crippen molar-refractivity contribution >= 4 is 27.7 Å². The highest BCUT2D eigenvalue weighted by atomic mass is 79.9. The van der Waals surface area contributed by atoms with E-state index in [2.05, 4.69) is 32.7 Å². The zero-order valence-electron chi connectivity index (χ0n) is 14.0. The van der Waals surface area contributed by atoms with Crippen LogP contribution in [-0.4, -0.2) is 32.2 Å². The topological polar surface area (TPSA) is 60.2 Å². The first-order valence-electron chi connectivity index (χ1n) is 8.02. The Kier molecular flexibility index (Phi) is 6.35. The average Bonchev–Trinajstić information content (AvgIpc) is 3.04. The summed E-state index contributed by atoms with van der Waals surface area (Å²) in [5.74, 6) is 2.35. The molecule has 0 atom stereocenters. The van der Waals surface area contributed by atoms with Crippen LogP contribution in [0.4, 0.5) is 0 Å². The molecule has 0 radical (unpaired) electrons. The van der Waals surface area contributed by atoms with E-state index in [0.29, 0.717) is 24.5 Å². The van der Waals surface area contributed by atoms with Crippen molar-refractivity contribution in [2.75, 3.05) is 12.4 Å². The van der Waals surface area contributed by atoms with E-state index >= 15 is 0 Å².